The summed E-state index contributed by atoms with van der Waals surface area (Å²) in [5, 5.41) is 4.35. The minimum Gasteiger partial charge on any atom is -0.468 e. The molecule has 1 aromatic rings. The van der Waals surface area contributed by atoms with Crippen LogP contribution in [0.15, 0.2) is 18.2 Å². The second kappa shape index (κ2) is 7.45. The quantitative estimate of drug-likeness (QED) is 0.860. The van der Waals surface area contributed by atoms with Crippen molar-refractivity contribution in [3.05, 3.63) is 33.8 Å². The van der Waals surface area contributed by atoms with Crippen LogP contribution in [0.5, 0.6) is 0 Å². The molecule has 2 atom stereocenters. The summed E-state index contributed by atoms with van der Waals surface area (Å²) in [5.41, 5.74) is 0.977. The molecule has 0 amide bonds. The predicted octanol–water partition coefficient (Wildman–Crippen LogP) is 2.37. The number of benzene rings is 1. The maximum atomic E-state index is 12.2. The third-order valence-corrected chi connectivity index (χ3v) is 4.58. The molecule has 116 valence electrons. The molecule has 1 aliphatic rings. The molecule has 1 N–H and O–H groups in total. The van der Waals surface area contributed by atoms with Crippen LogP contribution in [-0.2, 0) is 16.0 Å². The van der Waals surface area contributed by atoms with E-state index in [0.29, 0.717) is 16.5 Å². The number of hydrogen-bond acceptors (Lipinski definition) is 4. The van der Waals surface area contributed by atoms with Gasteiger partial charge in [0.25, 0.3) is 0 Å². The van der Waals surface area contributed by atoms with Gasteiger partial charge >= 0.3 is 5.97 Å². The summed E-state index contributed by atoms with van der Waals surface area (Å²) in [6.45, 7) is 4.67. The van der Waals surface area contributed by atoms with Gasteiger partial charge in [-0.25, -0.2) is 0 Å². The van der Waals surface area contributed by atoms with E-state index in [1.165, 1.54) is 7.11 Å². The first-order valence-electron chi connectivity index (χ1n) is 7.01. The SMILES string of the molecule is COC(=O)C(Cc1ccc(Cl)c(Cl)c1)N1CCNC[C@H]1C. The molecule has 1 unspecified atom stereocenters. The van der Waals surface area contributed by atoms with E-state index in [0.717, 1.165) is 25.2 Å². The smallest absolute Gasteiger partial charge is 0.323 e. The Hall–Kier alpha value is -0.810. The van der Waals surface area contributed by atoms with Crippen molar-refractivity contribution >= 4 is 29.2 Å². The van der Waals surface area contributed by atoms with Crippen LogP contribution in [-0.4, -0.2) is 49.7 Å². The van der Waals surface area contributed by atoms with E-state index in [-0.39, 0.29) is 18.1 Å². The van der Waals surface area contributed by atoms with Gasteiger partial charge in [-0.15, -0.1) is 0 Å². The molecule has 0 saturated carbocycles. The number of halogens is 2. The van der Waals surface area contributed by atoms with E-state index in [1.54, 1.807) is 6.07 Å². The predicted molar refractivity (Wildman–Crippen MR) is 85.0 cm³/mol. The Morgan fingerprint density at radius 2 is 2.24 bits per heavy atom. The van der Waals surface area contributed by atoms with Crippen LogP contribution in [0.4, 0.5) is 0 Å². The molecule has 0 aromatic heterocycles. The van der Waals surface area contributed by atoms with Gasteiger partial charge in [-0.05, 0) is 31.0 Å². The molecule has 6 heteroatoms. The van der Waals surface area contributed by atoms with E-state index in [9.17, 15) is 4.79 Å². The summed E-state index contributed by atoms with van der Waals surface area (Å²) in [6, 6.07) is 5.45. The fourth-order valence-electron chi connectivity index (χ4n) is 2.68. The van der Waals surface area contributed by atoms with Gasteiger partial charge in [-0.1, -0.05) is 29.3 Å². The van der Waals surface area contributed by atoms with E-state index in [1.807, 2.05) is 12.1 Å². The van der Waals surface area contributed by atoms with Gasteiger partial charge in [-0.3, -0.25) is 9.69 Å². The lowest BCUT2D eigenvalue weighted by molar-refractivity contribution is -0.148. The third-order valence-electron chi connectivity index (χ3n) is 3.84. The van der Waals surface area contributed by atoms with Crippen molar-refractivity contribution in [2.75, 3.05) is 26.7 Å². The van der Waals surface area contributed by atoms with Crippen molar-refractivity contribution in [2.45, 2.75) is 25.4 Å². The van der Waals surface area contributed by atoms with Crippen molar-refractivity contribution < 1.29 is 9.53 Å². The molecule has 0 spiro atoms. The Balaban J connectivity index is 2.19. The maximum absolute atomic E-state index is 12.2. The van der Waals surface area contributed by atoms with Crippen molar-refractivity contribution in [3.8, 4) is 0 Å². The van der Waals surface area contributed by atoms with Crippen molar-refractivity contribution in [1.82, 2.24) is 10.2 Å². The number of piperazine rings is 1. The molecule has 1 heterocycles. The molecular weight excluding hydrogens is 311 g/mol. The van der Waals surface area contributed by atoms with Crippen LogP contribution in [0.2, 0.25) is 10.0 Å². The van der Waals surface area contributed by atoms with Crippen LogP contribution in [0, 0.1) is 0 Å². The summed E-state index contributed by atoms with van der Waals surface area (Å²) in [5.74, 6) is -0.213. The minimum absolute atomic E-state index is 0.213. The van der Waals surface area contributed by atoms with Crippen LogP contribution in [0.25, 0.3) is 0 Å². The van der Waals surface area contributed by atoms with Crippen molar-refractivity contribution in [3.63, 3.8) is 0 Å². The largest absolute Gasteiger partial charge is 0.468 e. The zero-order valence-electron chi connectivity index (χ0n) is 12.2. The molecule has 1 aliphatic heterocycles. The topological polar surface area (TPSA) is 41.6 Å². The van der Waals surface area contributed by atoms with Crippen molar-refractivity contribution in [1.29, 1.82) is 0 Å². The van der Waals surface area contributed by atoms with Gasteiger partial charge in [0.05, 0.1) is 17.2 Å². The number of rotatable bonds is 4. The fourth-order valence-corrected chi connectivity index (χ4v) is 3.00. The van der Waals surface area contributed by atoms with Crippen LogP contribution >= 0.6 is 23.2 Å². The number of carbonyl (C=O) groups excluding carboxylic acids is 1. The van der Waals surface area contributed by atoms with Crippen molar-refractivity contribution in [2.24, 2.45) is 0 Å². The third kappa shape index (κ3) is 4.10. The summed E-state index contributed by atoms with van der Waals surface area (Å²) in [7, 11) is 1.43. The van der Waals surface area contributed by atoms with Gasteiger partial charge in [0, 0.05) is 25.7 Å². The number of nitrogens with zero attached hydrogens (tertiary/aromatic N) is 1. The molecule has 0 radical (unpaired) electrons. The number of nitrogens with one attached hydrogen (secondary N) is 1. The molecule has 4 nitrogen and oxygen atoms in total. The average Bonchev–Trinajstić information content (AvgIpc) is 2.48. The van der Waals surface area contributed by atoms with E-state index in [4.69, 9.17) is 27.9 Å². The number of methoxy groups -OCH3 is 1. The number of carbonyl (C=O) groups is 1. The van der Waals surface area contributed by atoms with E-state index >= 15 is 0 Å². The molecular formula is C15H20Cl2N2O2. The standard InChI is InChI=1S/C15H20Cl2N2O2/c1-10-9-18-5-6-19(10)14(15(20)21-2)8-11-3-4-12(16)13(17)7-11/h3-4,7,10,14,18H,5-6,8-9H2,1-2H3/t10-,14?/m1/s1. The van der Waals surface area contributed by atoms with Gasteiger partial charge < -0.3 is 10.1 Å². The molecule has 0 aliphatic carbocycles. The first-order valence-corrected chi connectivity index (χ1v) is 7.76. The second-order valence-electron chi connectivity index (χ2n) is 5.28. The van der Waals surface area contributed by atoms with Gasteiger partial charge in [-0.2, -0.15) is 0 Å². The molecule has 1 saturated heterocycles. The molecule has 1 aromatic carbocycles. The molecule has 0 bridgehead atoms. The summed E-state index contributed by atoms with van der Waals surface area (Å²) >= 11 is 12.0. The first-order chi connectivity index (χ1) is 10.0. The number of hydrogen-bond donors (Lipinski definition) is 1. The fraction of sp³-hybridized carbons (Fsp3) is 0.533. The Bertz CT molecular complexity index is 510. The normalized spacial score (nSPS) is 21.0. The molecule has 2 rings (SSSR count). The van der Waals surface area contributed by atoms with Gasteiger partial charge in [0.2, 0.25) is 0 Å². The highest BCUT2D eigenvalue weighted by molar-refractivity contribution is 6.42. The Morgan fingerprint density at radius 1 is 1.48 bits per heavy atom. The second-order valence-corrected chi connectivity index (χ2v) is 6.10. The number of ether oxygens (including phenoxy) is 1. The maximum Gasteiger partial charge on any atom is 0.323 e. The molecule has 21 heavy (non-hydrogen) atoms. The first kappa shape index (κ1) is 16.6. The summed E-state index contributed by atoms with van der Waals surface area (Å²) in [6.07, 6.45) is 0.563. The average molecular weight is 331 g/mol. The lowest BCUT2D eigenvalue weighted by atomic mass is 10.0. The zero-order chi connectivity index (χ0) is 15.4. The lowest BCUT2D eigenvalue weighted by Gasteiger charge is -2.38. The van der Waals surface area contributed by atoms with Crippen LogP contribution in [0.1, 0.15) is 12.5 Å². The van der Waals surface area contributed by atoms with E-state index in [2.05, 4.69) is 17.1 Å². The van der Waals surface area contributed by atoms with E-state index < -0.39 is 0 Å². The summed E-state index contributed by atoms with van der Waals surface area (Å²) < 4.78 is 4.98. The highest BCUT2D eigenvalue weighted by Crippen LogP contribution is 2.24. The van der Waals surface area contributed by atoms with Crippen LogP contribution < -0.4 is 5.32 Å². The highest BCUT2D eigenvalue weighted by Gasteiger charge is 2.32. The Labute approximate surface area is 135 Å². The van der Waals surface area contributed by atoms with Gasteiger partial charge in [0.15, 0.2) is 0 Å². The highest BCUT2D eigenvalue weighted by atomic mass is 35.5. The Morgan fingerprint density at radius 3 is 2.86 bits per heavy atom. The molecule has 1 fully saturated rings. The monoisotopic (exact) mass is 330 g/mol. The summed E-state index contributed by atoms with van der Waals surface area (Å²) in [4.78, 5) is 14.4. The zero-order valence-corrected chi connectivity index (χ0v) is 13.7. The Kier molecular flexibility index (Phi) is 5.88. The number of esters is 1. The minimum atomic E-state index is -0.302. The van der Waals surface area contributed by atoms with Crippen LogP contribution in [0.3, 0.4) is 0 Å². The van der Waals surface area contributed by atoms with Gasteiger partial charge in [0.1, 0.15) is 6.04 Å². The lowest BCUT2D eigenvalue weighted by Crippen LogP contribution is -2.57.